The van der Waals surface area contributed by atoms with Gasteiger partial charge in [-0.1, -0.05) is 78.4 Å². The van der Waals surface area contributed by atoms with Gasteiger partial charge in [0.15, 0.2) is 18.1 Å². The van der Waals surface area contributed by atoms with Crippen molar-refractivity contribution in [3.63, 3.8) is 0 Å². The number of aromatic nitrogens is 1. The fourth-order valence-corrected chi connectivity index (χ4v) is 5.34. The molecule has 0 unspecified atom stereocenters. The number of amides is 2. The molecule has 49 heavy (non-hydrogen) atoms. The Labute approximate surface area is 285 Å². The molecular weight excluding hydrogens is 612 g/mol. The maximum absolute atomic E-state index is 13.0. The van der Waals surface area contributed by atoms with Gasteiger partial charge in [0.25, 0.3) is 11.8 Å². The van der Waals surface area contributed by atoms with Crippen molar-refractivity contribution in [2.45, 2.75) is 13.8 Å². The lowest BCUT2D eigenvalue weighted by molar-refractivity contribution is -0.118. The van der Waals surface area contributed by atoms with Gasteiger partial charge in [-0.2, -0.15) is 5.10 Å². The fourth-order valence-electron chi connectivity index (χ4n) is 5.34. The molecule has 0 radical (unpaired) electrons. The third-order valence-electron chi connectivity index (χ3n) is 7.75. The zero-order valence-corrected chi connectivity index (χ0v) is 27.3. The number of hydrogen-bond acceptors (Lipinski definition) is 5. The zero-order valence-electron chi connectivity index (χ0n) is 27.3. The first-order valence-corrected chi connectivity index (χ1v) is 16.0. The molecule has 6 rings (SSSR count). The Hall–Kier alpha value is -6.41. The van der Waals surface area contributed by atoms with Gasteiger partial charge in [0, 0.05) is 16.9 Å². The maximum Gasteiger partial charge on any atom is 0.271 e. The SMILES string of the molecule is CCOc1cc(/C=N\NC(=O)c2ccc(-n3c(-c4ccccc4)ccc3-c3ccccc3)cc2)ccc1OCC(=O)Nc1ccc(C)cc1. The van der Waals surface area contributed by atoms with Gasteiger partial charge in [-0.05, 0) is 97.3 Å². The van der Waals surface area contributed by atoms with Gasteiger partial charge in [-0.15, -0.1) is 0 Å². The van der Waals surface area contributed by atoms with Crippen LogP contribution in [0.1, 0.15) is 28.4 Å². The van der Waals surface area contributed by atoms with Crippen molar-refractivity contribution in [1.82, 2.24) is 9.99 Å². The van der Waals surface area contributed by atoms with Gasteiger partial charge in [-0.3, -0.25) is 9.59 Å². The average molecular weight is 649 g/mol. The molecule has 1 heterocycles. The number of ether oxygens (including phenoxy) is 2. The van der Waals surface area contributed by atoms with Gasteiger partial charge < -0.3 is 19.4 Å². The predicted octanol–water partition coefficient (Wildman–Crippen LogP) is 8.30. The Morgan fingerprint density at radius 2 is 1.35 bits per heavy atom. The second kappa shape index (κ2) is 15.5. The summed E-state index contributed by atoms with van der Waals surface area (Å²) in [6, 6.07) is 44.9. The normalized spacial score (nSPS) is 10.9. The third-order valence-corrected chi connectivity index (χ3v) is 7.75. The van der Waals surface area contributed by atoms with Gasteiger partial charge in [-0.25, -0.2) is 5.43 Å². The van der Waals surface area contributed by atoms with Crippen molar-refractivity contribution in [2.75, 3.05) is 18.5 Å². The minimum Gasteiger partial charge on any atom is -0.490 e. The molecule has 0 saturated heterocycles. The van der Waals surface area contributed by atoms with Crippen LogP contribution in [0.3, 0.4) is 0 Å². The van der Waals surface area contributed by atoms with E-state index in [1.807, 2.05) is 86.6 Å². The van der Waals surface area contributed by atoms with Crippen LogP contribution in [0.2, 0.25) is 0 Å². The maximum atomic E-state index is 13.0. The van der Waals surface area contributed by atoms with Crippen molar-refractivity contribution < 1.29 is 19.1 Å². The third kappa shape index (κ3) is 8.12. The number of benzene rings is 5. The zero-order chi connectivity index (χ0) is 34.0. The summed E-state index contributed by atoms with van der Waals surface area (Å²) in [6.45, 7) is 4.07. The fraction of sp³-hybridized carbons (Fsp3) is 0.0976. The Morgan fingerprint density at radius 1 is 0.714 bits per heavy atom. The quantitative estimate of drug-likeness (QED) is 0.103. The number of anilines is 1. The van der Waals surface area contributed by atoms with Crippen molar-refractivity contribution in [3.05, 3.63) is 156 Å². The molecule has 0 saturated carbocycles. The van der Waals surface area contributed by atoms with E-state index in [4.69, 9.17) is 9.47 Å². The number of nitrogens with zero attached hydrogens (tertiary/aromatic N) is 2. The number of hydrogen-bond donors (Lipinski definition) is 2. The summed E-state index contributed by atoms with van der Waals surface area (Å²) in [5.41, 5.74) is 10.8. The second-order valence-corrected chi connectivity index (χ2v) is 11.3. The number of carbonyl (C=O) groups is 2. The van der Waals surface area contributed by atoms with E-state index in [1.165, 1.54) is 6.21 Å². The molecule has 2 amide bonds. The minimum atomic E-state index is -0.341. The molecule has 0 bridgehead atoms. The standard InChI is InChI=1S/C41H36N4O4/c1-3-48-39-26-30(16-25-38(39)49-28-40(46)43-34-19-14-29(2)15-20-34)27-42-44-41(47)33-17-21-35(22-18-33)45-36(31-10-6-4-7-11-31)23-24-37(45)32-12-8-5-9-13-32/h4-27H,3,28H2,1-2H3,(H,43,46)(H,44,47)/b42-27-. The highest BCUT2D eigenvalue weighted by Gasteiger charge is 2.15. The highest BCUT2D eigenvalue weighted by molar-refractivity contribution is 5.95. The number of carbonyl (C=O) groups excluding carboxylic acids is 2. The van der Waals surface area contributed by atoms with E-state index >= 15 is 0 Å². The van der Waals surface area contributed by atoms with E-state index in [9.17, 15) is 9.59 Å². The van der Waals surface area contributed by atoms with Crippen LogP contribution in [-0.2, 0) is 4.79 Å². The molecule has 0 atom stereocenters. The predicted molar refractivity (Wildman–Crippen MR) is 195 cm³/mol. The largest absolute Gasteiger partial charge is 0.490 e. The van der Waals surface area contributed by atoms with Gasteiger partial charge in [0.05, 0.1) is 24.2 Å². The van der Waals surface area contributed by atoms with E-state index in [0.29, 0.717) is 34.9 Å². The molecule has 0 fully saturated rings. The van der Waals surface area contributed by atoms with E-state index in [-0.39, 0.29) is 18.4 Å². The average Bonchev–Trinajstić information content (AvgIpc) is 3.59. The topological polar surface area (TPSA) is 93.9 Å². The van der Waals surface area contributed by atoms with Crippen molar-refractivity contribution >= 4 is 23.7 Å². The molecule has 2 N–H and O–H groups in total. The number of hydrazone groups is 1. The van der Waals surface area contributed by atoms with Crippen LogP contribution >= 0.6 is 0 Å². The molecule has 0 spiro atoms. The molecule has 0 aliphatic carbocycles. The second-order valence-electron chi connectivity index (χ2n) is 11.3. The lowest BCUT2D eigenvalue weighted by Gasteiger charge is -2.15. The monoisotopic (exact) mass is 648 g/mol. The highest BCUT2D eigenvalue weighted by atomic mass is 16.5. The molecule has 1 aromatic heterocycles. The van der Waals surface area contributed by atoms with E-state index in [2.05, 4.69) is 56.8 Å². The van der Waals surface area contributed by atoms with Crippen LogP contribution in [0.15, 0.2) is 145 Å². The summed E-state index contributed by atoms with van der Waals surface area (Å²) in [5, 5.41) is 6.98. The lowest BCUT2D eigenvalue weighted by atomic mass is 10.1. The lowest BCUT2D eigenvalue weighted by Crippen LogP contribution is -2.20. The van der Waals surface area contributed by atoms with Gasteiger partial charge in [0.2, 0.25) is 0 Å². The van der Waals surface area contributed by atoms with Crippen LogP contribution in [-0.4, -0.2) is 35.8 Å². The minimum absolute atomic E-state index is 0.179. The van der Waals surface area contributed by atoms with Crippen LogP contribution in [0, 0.1) is 6.92 Å². The summed E-state index contributed by atoms with van der Waals surface area (Å²) in [7, 11) is 0. The molecule has 6 aromatic rings. The molecule has 8 nitrogen and oxygen atoms in total. The summed E-state index contributed by atoms with van der Waals surface area (Å²) < 4.78 is 13.7. The first-order chi connectivity index (χ1) is 24.0. The molecular formula is C41H36N4O4. The summed E-state index contributed by atoms with van der Waals surface area (Å²) in [4.78, 5) is 25.4. The molecule has 244 valence electrons. The van der Waals surface area contributed by atoms with E-state index in [0.717, 1.165) is 33.8 Å². The Balaban J connectivity index is 1.12. The van der Waals surface area contributed by atoms with Crippen LogP contribution < -0.4 is 20.2 Å². The Bertz CT molecular complexity index is 2000. The molecule has 8 heteroatoms. The highest BCUT2D eigenvalue weighted by Crippen LogP contribution is 2.32. The molecule has 0 aliphatic heterocycles. The first kappa shape index (κ1) is 32.5. The smallest absolute Gasteiger partial charge is 0.271 e. The summed E-state index contributed by atoms with van der Waals surface area (Å²) >= 11 is 0. The van der Waals surface area contributed by atoms with Crippen LogP contribution in [0.5, 0.6) is 11.5 Å². The van der Waals surface area contributed by atoms with Crippen LogP contribution in [0.4, 0.5) is 5.69 Å². The van der Waals surface area contributed by atoms with Gasteiger partial charge in [0.1, 0.15) is 0 Å². The number of nitrogens with one attached hydrogen (secondary N) is 2. The summed E-state index contributed by atoms with van der Waals surface area (Å²) in [5.74, 6) is 0.266. The first-order valence-electron chi connectivity index (χ1n) is 16.0. The Morgan fingerprint density at radius 3 is 1.96 bits per heavy atom. The Kier molecular flexibility index (Phi) is 10.3. The number of aryl methyl sites for hydroxylation is 1. The van der Waals surface area contributed by atoms with Crippen molar-refractivity contribution in [1.29, 1.82) is 0 Å². The van der Waals surface area contributed by atoms with E-state index < -0.39 is 0 Å². The number of rotatable bonds is 12. The molecule has 0 aliphatic rings. The van der Waals surface area contributed by atoms with Gasteiger partial charge >= 0.3 is 0 Å². The van der Waals surface area contributed by atoms with Crippen molar-refractivity contribution in [3.8, 4) is 39.7 Å². The molecule has 5 aromatic carbocycles. The van der Waals surface area contributed by atoms with Crippen LogP contribution in [0.25, 0.3) is 28.2 Å². The van der Waals surface area contributed by atoms with Crippen molar-refractivity contribution in [2.24, 2.45) is 5.10 Å². The van der Waals surface area contributed by atoms with E-state index in [1.54, 1.807) is 30.3 Å². The summed E-state index contributed by atoms with van der Waals surface area (Å²) in [6.07, 6.45) is 1.53.